The Bertz CT molecular complexity index is 1200. The highest BCUT2D eigenvalue weighted by molar-refractivity contribution is 7.22. The number of nitrogens with zero attached hydrogens (tertiary/aromatic N) is 3. The highest BCUT2D eigenvalue weighted by Crippen LogP contribution is 2.32. The molecule has 2 heterocycles. The van der Waals surface area contributed by atoms with Gasteiger partial charge in [0.25, 0.3) is 0 Å². The molecule has 12 heteroatoms. The SMILES string of the molecule is COc1cc(N2CCN(C(=O)Nc3nc4cc(F)c(F)cc4s3)[C@@H](C)C2)c(F)cc1C[C@H](O)CO. The molecule has 4 rings (SSSR count). The van der Waals surface area contributed by atoms with Crippen LogP contribution in [0, 0.1) is 17.5 Å². The molecule has 35 heavy (non-hydrogen) atoms. The van der Waals surface area contributed by atoms with Crippen molar-refractivity contribution in [3.8, 4) is 5.75 Å². The minimum Gasteiger partial charge on any atom is -0.496 e. The third-order valence-corrected chi connectivity index (χ3v) is 6.82. The van der Waals surface area contributed by atoms with Crippen molar-refractivity contribution in [2.75, 3.05) is 43.6 Å². The molecule has 1 aliphatic heterocycles. The molecule has 0 radical (unpaired) electrons. The molecule has 0 spiro atoms. The van der Waals surface area contributed by atoms with Crippen LogP contribution in [-0.2, 0) is 6.42 Å². The Kier molecular flexibility index (Phi) is 7.33. The third-order valence-electron chi connectivity index (χ3n) is 5.89. The van der Waals surface area contributed by atoms with Crippen molar-refractivity contribution in [3.05, 3.63) is 47.3 Å². The number of carbonyl (C=O) groups excluding carboxylic acids is 1. The summed E-state index contributed by atoms with van der Waals surface area (Å²) in [5.41, 5.74) is 1.00. The van der Waals surface area contributed by atoms with Crippen LogP contribution in [0.4, 0.5) is 28.8 Å². The molecule has 3 aromatic rings. The first-order valence-electron chi connectivity index (χ1n) is 10.9. The second-order valence-corrected chi connectivity index (χ2v) is 9.36. The number of amides is 2. The van der Waals surface area contributed by atoms with Crippen molar-refractivity contribution in [2.45, 2.75) is 25.5 Å². The number of aromatic nitrogens is 1. The number of rotatable bonds is 6. The summed E-state index contributed by atoms with van der Waals surface area (Å²) < 4.78 is 47.6. The van der Waals surface area contributed by atoms with Crippen molar-refractivity contribution >= 4 is 38.4 Å². The maximum absolute atomic E-state index is 14.9. The lowest BCUT2D eigenvalue weighted by molar-refractivity contribution is 0.0949. The number of aliphatic hydroxyl groups excluding tert-OH is 2. The largest absolute Gasteiger partial charge is 0.496 e. The van der Waals surface area contributed by atoms with Crippen LogP contribution in [-0.4, -0.2) is 71.6 Å². The number of carbonyl (C=O) groups is 1. The van der Waals surface area contributed by atoms with Gasteiger partial charge in [-0.25, -0.2) is 22.9 Å². The predicted molar refractivity (Wildman–Crippen MR) is 127 cm³/mol. The summed E-state index contributed by atoms with van der Waals surface area (Å²) in [6.45, 7) is 2.39. The molecule has 0 unspecified atom stereocenters. The molecule has 1 saturated heterocycles. The van der Waals surface area contributed by atoms with E-state index in [0.29, 0.717) is 41.3 Å². The van der Waals surface area contributed by atoms with Crippen LogP contribution >= 0.6 is 11.3 Å². The molecule has 0 bridgehead atoms. The van der Waals surface area contributed by atoms with Gasteiger partial charge in [0.1, 0.15) is 11.6 Å². The van der Waals surface area contributed by atoms with E-state index in [9.17, 15) is 23.1 Å². The van der Waals surface area contributed by atoms with E-state index in [4.69, 9.17) is 9.84 Å². The van der Waals surface area contributed by atoms with E-state index in [1.807, 2.05) is 11.8 Å². The van der Waals surface area contributed by atoms with E-state index in [0.717, 1.165) is 23.5 Å². The van der Waals surface area contributed by atoms with Crippen molar-refractivity contribution in [1.29, 1.82) is 0 Å². The molecule has 2 amide bonds. The van der Waals surface area contributed by atoms with Crippen molar-refractivity contribution in [3.63, 3.8) is 0 Å². The molecular formula is C23H25F3N4O4S. The molecule has 1 aromatic heterocycles. The predicted octanol–water partition coefficient (Wildman–Crippen LogP) is 3.36. The third kappa shape index (κ3) is 5.29. The Morgan fingerprint density at radius 2 is 1.97 bits per heavy atom. The van der Waals surface area contributed by atoms with E-state index in [1.54, 1.807) is 11.0 Å². The number of halogens is 3. The van der Waals surface area contributed by atoms with Gasteiger partial charge in [-0.05, 0) is 24.6 Å². The van der Waals surface area contributed by atoms with Crippen LogP contribution in [0.3, 0.4) is 0 Å². The minimum atomic E-state index is -1.02. The number of urea groups is 1. The molecule has 2 atom stereocenters. The number of fused-ring (bicyclic) bond motifs is 1. The maximum atomic E-state index is 14.9. The number of methoxy groups -OCH3 is 1. The fourth-order valence-corrected chi connectivity index (χ4v) is 4.97. The first kappa shape index (κ1) is 25.0. The summed E-state index contributed by atoms with van der Waals surface area (Å²) in [5, 5.41) is 21.7. The van der Waals surface area contributed by atoms with Crippen LogP contribution in [0.1, 0.15) is 12.5 Å². The molecule has 8 nitrogen and oxygen atoms in total. The monoisotopic (exact) mass is 510 g/mol. The van der Waals surface area contributed by atoms with Crippen LogP contribution in [0.2, 0.25) is 0 Å². The van der Waals surface area contributed by atoms with Crippen molar-refractivity contribution < 1.29 is 32.9 Å². The second-order valence-electron chi connectivity index (χ2n) is 8.33. The van der Waals surface area contributed by atoms with Gasteiger partial charge in [0, 0.05) is 44.2 Å². The molecule has 2 aromatic carbocycles. The van der Waals surface area contributed by atoms with Crippen molar-refractivity contribution in [2.24, 2.45) is 0 Å². The quantitative estimate of drug-likeness (QED) is 0.471. The zero-order valence-corrected chi connectivity index (χ0v) is 19.9. The van der Waals surface area contributed by atoms with E-state index in [2.05, 4.69) is 10.3 Å². The number of nitrogens with one attached hydrogen (secondary N) is 1. The Balaban J connectivity index is 1.45. The lowest BCUT2D eigenvalue weighted by atomic mass is 10.0. The fourth-order valence-electron chi connectivity index (χ4n) is 4.11. The summed E-state index contributed by atoms with van der Waals surface area (Å²) in [6, 6.07) is 4.17. The summed E-state index contributed by atoms with van der Waals surface area (Å²) >= 11 is 1.04. The van der Waals surface area contributed by atoms with Gasteiger partial charge in [-0.15, -0.1) is 0 Å². The van der Waals surface area contributed by atoms with Crippen LogP contribution in [0.25, 0.3) is 10.2 Å². The number of piperazine rings is 1. The van der Waals surface area contributed by atoms with Crippen LogP contribution < -0.4 is 15.0 Å². The molecule has 0 saturated carbocycles. The lowest BCUT2D eigenvalue weighted by Gasteiger charge is -2.41. The first-order chi connectivity index (χ1) is 16.7. The van der Waals surface area contributed by atoms with Gasteiger partial charge in [0.15, 0.2) is 16.8 Å². The standard InChI is InChI=1S/C23H25F3N4O4S/c1-12-10-29(19-9-20(34-2)13(6-17(19)26)5-14(32)11-31)3-4-30(12)23(33)28-22-27-18-7-15(24)16(25)8-21(18)35-22/h6-9,12,14,31-32H,3-5,10-11H2,1-2H3,(H,27,28,33)/t12-,14-/m0/s1. The highest BCUT2D eigenvalue weighted by Gasteiger charge is 2.30. The average molecular weight is 511 g/mol. The fraction of sp³-hybridized carbons (Fsp3) is 0.391. The van der Waals surface area contributed by atoms with E-state index in [1.165, 1.54) is 13.2 Å². The first-order valence-corrected chi connectivity index (χ1v) is 11.7. The van der Waals surface area contributed by atoms with Gasteiger partial charge in [0.05, 0.1) is 35.7 Å². The van der Waals surface area contributed by atoms with Gasteiger partial charge in [-0.3, -0.25) is 5.32 Å². The second kappa shape index (κ2) is 10.3. The Hall–Kier alpha value is -3.09. The number of hydrogen-bond acceptors (Lipinski definition) is 7. The normalized spacial score (nSPS) is 17.1. The summed E-state index contributed by atoms with van der Waals surface area (Å²) in [6.07, 6.45) is -0.976. The number of anilines is 2. The van der Waals surface area contributed by atoms with Gasteiger partial charge < -0.3 is 24.7 Å². The topological polar surface area (TPSA) is 98.2 Å². The molecular weight excluding hydrogens is 485 g/mol. The maximum Gasteiger partial charge on any atom is 0.324 e. The Morgan fingerprint density at radius 3 is 2.66 bits per heavy atom. The van der Waals surface area contributed by atoms with Gasteiger partial charge in [0.2, 0.25) is 0 Å². The number of hydrogen-bond donors (Lipinski definition) is 3. The average Bonchev–Trinajstić information content (AvgIpc) is 3.19. The zero-order valence-electron chi connectivity index (χ0n) is 19.1. The summed E-state index contributed by atoms with van der Waals surface area (Å²) in [5.74, 6) is -2.09. The minimum absolute atomic E-state index is 0.0479. The van der Waals surface area contributed by atoms with Crippen molar-refractivity contribution in [1.82, 2.24) is 9.88 Å². The summed E-state index contributed by atoms with van der Waals surface area (Å²) in [4.78, 5) is 20.4. The Labute approximate surface area is 203 Å². The van der Waals surface area contributed by atoms with Crippen LogP contribution in [0.5, 0.6) is 5.75 Å². The van der Waals surface area contributed by atoms with E-state index in [-0.39, 0.29) is 23.1 Å². The van der Waals surface area contributed by atoms with Gasteiger partial charge in [-0.2, -0.15) is 0 Å². The number of benzene rings is 2. The smallest absolute Gasteiger partial charge is 0.324 e. The highest BCUT2D eigenvalue weighted by atomic mass is 32.1. The molecule has 1 aliphatic rings. The lowest BCUT2D eigenvalue weighted by Crippen LogP contribution is -2.55. The van der Waals surface area contributed by atoms with E-state index < -0.39 is 36.2 Å². The summed E-state index contributed by atoms with van der Waals surface area (Å²) in [7, 11) is 1.45. The molecule has 0 aliphatic carbocycles. The Morgan fingerprint density at radius 1 is 1.23 bits per heavy atom. The number of ether oxygens (including phenoxy) is 1. The molecule has 1 fully saturated rings. The zero-order chi connectivity index (χ0) is 25.3. The number of aliphatic hydroxyl groups is 2. The van der Waals surface area contributed by atoms with Gasteiger partial charge >= 0.3 is 6.03 Å². The molecule has 188 valence electrons. The van der Waals surface area contributed by atoms with E-state index >= 15 is 0 Å². The molecule has 3 N–H and O–H groups in total. The number of thiazole rings is 1. The van der Waals surface area contributed by atoms with Gasteiger partial charge in [-0.1, -0.05) is 11.3 Å². The van der Waals surface area contributed by atoms with Crippen LogP contribution in [0.15, 0.2) is 24.3 Å².